The van der Waals surface area contributed by atoms with Crippen molar-refractivity contribution >= 4 is 0 Å². The van der Waals surface area contributed by atoms with Crippen LogP contribution in [0.5, 0.6) is 0 Å². The van der Waals surface area contributed by atoms with Gasteiger partial charge in [0, 0.05) is 19.8 Å². The molecular formula is C16H28O5. The van der Waals surface area contributed by atoms with E-state index in [1.165, 1.54) is 12.8 Å². The Kier molecular flexibility index (Phi) is 5.89. The molecule has 3 saturated heterocycles. The number of rotatable bonds is 6. The van der Waals surface area contributed by atoms with Gasteiger partial charge >= 0.3 is 0 Å². The van der Waals surface area contributed by atoms with Gasteiger partial charge in [0.25, 0.3) is 0 Å². The quantitative estimate of drug-likeness (QED) is 0.754. The molecule has 0 amide bonds. The fourth-order valence-corrected chi connectivity index (χ4v) is 3.20. The van der Waals surface area contributed by atoms with E-state index in [0.29, 0.717) is 13.2 Å². The summed E-state index contributed by atoms with van der Waals surface area (Å²) in [5.74, 6) is 0. The Labute approximate surface area is 127 Å². The summed E-state index contributed by atoms with van der Waals surface area (Å²) in [5.41, 5.74) is -0.304. The minimum Gasteiger partial charge on any atom is -0.370 e. The molecule has 3 aliphatic heterocycles. The van der Waals surface area contributed by atoms with Gasteiger partial charge in [-0.1, -0.05) is 0 Å². The second kappa shape index (κ2) is 7.88. The first-order valence-corrected chi connectivity index (χ1v) is 8.47. The summed E-state index contributed by atoms with van der Waals surface area (Å²) >= 11 is 0. The van der Waals surface area contributed by atoms with Gasteiger partial charge in [-0.05, 0) is 51.4 Å². The van der Waals surface area contributed by atoms with E-state index in [2.05, 4.69) is 0 Å². The van der Waals surface area contributed by atoms with Gasteiger partial charge in [0.05, 0.1) is 13.2 Å². The summed E-state index contributed by atoms with van der Waals surface area (Å²) in [6.45, 7) is 3.54. The first-order chi connectivity index (χ1) is 10.4. The van der Waals surface area contributed by atoms with Crippen molar-refractivity contribution in [2.45, 2.75) is 69.5 Å². The van der Waals surface area contributed by atoms with Crippen molar-refractivity contribution in [1.82, 2.24) is 0 Å². The van der Waals surface area contributed by atoms with Gasteiger partial charge in [0.2, 0.25) is 0 Å². The number of ether oxygens (including phenoxy) is 5. The van der Waals surface area contributed by atoms with Gasteiger partial charge in [-0.15, -0.1) is 0 Å². The van der Waals surface area contributed by atoms with Crippen LogP contribution in [0, 0.1) is 0 Å². The van der Waals surface area contributed by atoms with Gasteiger partial charge in [-0.2, -0.15) is 0 Å². The highest BCUT2D eigenvalue weighted by Crippen LogP contribution is 2.29. The molecule has 0 aromatic heterocycles. The molecule has 3 rings (SSSR count). The maximum atomic E-state index is 5.96. The minimum atomic E-state index is -0.304. The van der Waals surface area contributed by atoms with Crippen LogP contribution in [-0.4, -0.2) is 51.2 Å². The van der Waals surface area contributed by atoms with Crippen molar-refractivity contribution in [3.05, 3.63) is 0 Å². The van der Waals surface area contributed by atoms with Crippen molar-refractivity contribution in [3.8, 4) is 0 Å². The second-order valence-corrected chi connectivity index (χ2v) is 6.35. The van der Waals surface area contributed by atoms with Crippen LogP contribution in [-0.2, 0) is 23.7 Å². The molecule has 3 aliphatic rings. The van der Waals surface area contributed by atoms with Crippen molar-refractivity contribution in [2.24, 2.45) is 0 Å². The Bertz CT molecular complexity index is 267. The molecule has 122 valence electrons. The fourth-order valence-electron chi connectivity index (χ4n) is 3.20. The maximum Gasteiger partial charge on any atom is 0.157 e. The van der Waals surface area contributed by atoms with Crippen LogP contribution in [0.3, 0.4) is 0 Å². The van der Waals surface area contributed by atoms with E-state index in [4.69, 9.17) is 23.7 Å². The lowest BCUT2D eigenvalue weighted by molar-refractivity contribution is -0.226. The van der Waals surface area contributed by atoms with Gasteiger partial charge in [-0.25, -0.2) is 0 Å². The molecule has 0 aromatic rings. The molecule has 5 heteroatoms. The summed E-state index contributed by atoms with van der Waals surface area (Å²) in [4.78, 5) is 0. The normalized spacial score (nSPS) is 37.7. The summed E-state index contributed by atoms with van der Waals surface area (Å²) in [7, 11) is 0. The Balaban J connectivity index is 1.45. The fraction of sp³-hybridized carbons (Fsp3) is 1.00. The Morgan fingerprint density at radius 3 is 1.81 bits per heavy atom. The summed E-state index contributed by atoms with van der Waals surface area (Å²) in [6, 6.07) is 0. The lowest BCUT2D eigenvalue weighted by Gasteiger charge is -2.33. The zero-order valence-corrected chi connectivity index (χ0v) is 12.9. The average molecular weight is 300 g/mol. The Hall–Kier alpha value is -0.200. The predicted octanol–water partition coefficient (Wildman–Crippen LogP) is 2.62. The molecule has 0 aliphatic carbocycles. The second-order valence-electron chi connectivity index (χ2n) is 6.35. The van der Waals surface area contributed by atoms with E-state index < -0.39 is 0 Å². The number of hydrogen-bond donors (Lipinski definition) is 0. The molecule has 0 spiro atoms. The van der Waals surface area contributed by atoms with E-state index in [1.807, 2.05) is 0 Å². The lowest BCUT2D eigenvalue weighted by atomic mass is 10.0. The summed E-state index contributed by atoms with van der Waals surface area (Å²) in [6.07, 6.45) is 8.57. The van der Waals surface area contributed by atoms with Crippen molar-refractivity contribution in [1.29, 1.82) is 0 Å². The third-order valence-corrected chi connectivity index (χ3v) is 4.53. The first kappa shape index (κ1) is 15.7. The van der Waals surface area contributed by atoms with Crippen LogP contribution in [0.15, 0.2) is 0 Å². The predicted molar refractivity (Wildman–Crippen MR) is 77.0 cm³/mol. The van der Waals surface area contributed by atoms with Gasteiger partial charge in [0.1, 0.15) is 5.60 Å². The highest BCUT2D eigenvalue weighted by Gasteiger charge is 2.38. The largest absolute Gasteiger partial charge is 0.370 e. The topological polar surface area (TPSA) is 46.2 Å². The molecule has 21 heavy (non-hydrogen) atoms. The van der Waals surface area contributed by atoms with Crippen LogP contribution >= 0.6 is 0 Å². The highest BCUT2D eigenvalue weighted by atomic mass is 16.7. The van der Waals surface area contributed by atoms with Crippen LogP contribution < -0.4 is 0 Å². The molecule has 0 aromatic carbocycles. The van der Waals surface area contributed by atoms with Crippen molar-refractivity contribution < 1.29 is 23.7 Å². The van der Waals surface area contributed by atoms with E-state index in [-0.39, 0.29) is 18.2 Å². The molecule has 3 heterocycles. The standard InChI is InChI=1S/C16H28O5/c1-3-9-17-14(6-1)19-12-16(8-5-11-21-16)13-20-15-7-2-4-10-18-15/h14-15H,1-13H2. The molecule has 0 saturated carbocycles. The zero-order valence-electron chi connectivity index (χ0n) is 12.9. The van der Waals surface area contributed by atoms with Crippen LogP contribution in [0.4, 0.5) is 0 Å². The molecule has 0 N–H and O–H groups in total. The van der Waals surface area contributed by atoms with Crippen molar-refractivity contribution in [2.75, 3.05) is 33.0 Å². The van der Waals surface area contributed by atoms with E-state index in [9.17, 15) is 0 Å². The average Bonchev–Trinajstić information content (AvgIpc) is 3.03. The van der Waals surface area contributed by atoms with Crippen LogP contribution in [0.2, 0.25) is 0 Å². The maximum absolute atomic E-state index is 5.96. The zero-order chi connectivity index (χ0) is 14.4. The Morgan fingerprint density at radius 1 is 0.762 bits per heavy atom. The lowest BCUT2D eigenvalue weighted by Crippen LogP contribution is -2.43. The van der Waals surface area contributed by atoms with Crippen LogP contribution in [0.25, 0.3) is 0 Å². The van der Waals surface area contributed by atoms with E-state index in [0.717, 1.165) is 58.3 Å². The Morgan fingerprint density at radius 2 is 1.38 bits per heavy atom. The summed E-state index contributed by atoms with van der Waals surface area (Å²) in [5, 5.41) is 0. The SMILES string of the molecule is C1CCC(OCC2(COC3CCCCO3)CCCO2)OC1. The van der Waals surface area contributed by atoms with E-state index in [1.54, 1.807) is 0 Å². The highest BCUT2D eigenvalue weighted by molar-refractivity contribution is 4.85. The third-order valence-electron chi connectivity index (χ3n) is 4.53. The molecule has 3 fully saturated rings. The molecule has 2 unspecified atom stereocenters. The minimum absolute atomic E-state index is 0.0641. The van der Waals surface area contributed by atoms with Gasteiger partial charge in [-0.3, -0.25) is 0 Å². The monoisotopic (exact) mass is 300 g/mol. The smallest absolute Gasteiger partial charge is 0.157 e. The van der Waals surface area contributed by atoms with E-state index >= 15 is 0 Å². The van der Waals surface area contributed by atoms with Gasteiger partial charge < -0.3 is 23.7 Å². The van der Waals surface area contributed by atoms with Crippen LogP contribution in [0.1, 0.15) is 51.4 Å². The third kappa shape index (κ3) is 4.63. The first-order valence-electron chi connectivity index (χ1n) is 8.47. The van der Waals surface area contributed by atoms with Crippen molar-refractivity contribution in [3.63, 3.8) is 0 Å². The molecule has 0 bridgehead atoms. The molecule has 2 atom stereocenters. The molecular weight excluding hydrogens is 272 g/mol. The summed E-state index contributed by atoms with van der Waals surface area (Å²) < 4.78 is 29.1. The number of hydrogen-bond acceptors (Lipinski definition) is 5. The molecule has 5 nitrogen and oxygen atoms in total. The molecule has 0 radical (unpaired) electrons. The van der Waals surface area contributed by atoms with Gasteiger partial charge in [0.15, 0.2) is 12.6 Å².